The van der Waals surface area contributed by atoms with Gasteiger partial charge in [-0.15, -0.1) is 11.8 Å². The number of hydrogen-bond acceptors (Lipinski definition) is 4. The predicted molar refractivity (Wildman–Crippen MR) is 104 cm³/mol. The fourth-order valence-electron chi connectivity index (χ4n) is 2.10. The van der Waals surface area contributed by atoms with Crippen LogP contribution in [0.3, 0.4) is 0 Å². The molecule has 0 aliphatic carbocycles. The maximum Gasteiger partial charge on any atom is 0.105 e. The van der Waals surface area contributed by atoms with Crippen molar-refractivity contribution in [1.82, 2.24) is 0 Å². The number of unbranched alkanes of at least 4 members (excludes halogenated alkanes) is 9. The van der Waals surface area contributed by atoms with Gasteiger partial charge in [0.15, 0.2) is 0 Å². The van der Waals surface area contributed by atoms with Crippen molar-refractivity contribution < 1.29 is 0 Å². The fraction of sp³-hybridized carbons (Fsp3) is 0.882. The second-order valence-corrected chi connectivity index (χ2v) is 8.93. The molecule has 0 saturated heterocycles. The van der Waals surface area contributed by atoms with Crippen LogP contribution in [-0.4, -0.2) is 14.5 Å². The van der Waals surface area contributed by atoms with Gasteiger partial charge in [0.1, 0.15) is 3.53 Å². The summed E-state index contributed by atoms with van der Waals surface area (Å²) in [6.45, 7) is 4.31. The summed E-state index contributed by atoms with van der Waals surface area (Å²) in [5, 5.41) is 8.93. The highest BCUT2D eigenvalue weighted by molar-refractivity contribution is 8.47. The van der Waals surface area contributed by atoms with Crippen LogP contribution in [0, 0.1) is 11.3 Å². The lowest BCUT2D eigenvalue weighted by Crippen LogP contribution is -1.99. The van der Waals surface area contributed by atoms with Crippen LogP contribution in [0.4, 0.5) is 0 Å². The molecule has 0 heterocycles. The summed E-state index contributed by atoms with van der Waals surface area (Å²) in [5.74, 6) is 1.12. The van der Waals surface area contributed by atoms with Gasteiger partial charge in [0.2, 0.25) is 0 Å². The highest BCUT2D eigenvalue weighted by Gasteiger charge is 2.08. The van der Waals surface area contributed by atoms with Crippen LogP contribution in [0.5, 0.6) is 0 Å². The minimum Gasteiger partial charge on any atom is -0.197 e. The third-order valence-electron chi connectivity index (χ3n) is 3.47. The molecule has 21 heavy (non-hydrogen) atoms. The summed E-state index contributed by atoms with van der Waals surface area (Å²) in [5.41, 5.74) is 0. The molecule has 0 N–H and O–H groups in total. The van der Waals surface area contributed by atoms with Crippen LogP contribution in [0.25, 0.3) is 0 Å². The molecule has 0 spiro atoms. The van der Waals surface area contributed by atoms with Gasteiger partial charge in [-0.3, -0.25) is 0 Å². The average molecular weight is 346 g/mol. The van der Waals surface area contributed by atoms with Gasteiger partial charge >= 0.3 is 0 Å². The van der Waals surface area contributed by atoms with Gasteiger partial charge in [-0.2, -0.15) is 5.26 Å². The van der Waals surface area contributed by atoms with Gasteiger partial charge in [-0.1, -0.05) is 95.6 Å². The first kappa shape index (κ1) is 21.3. The monoisotopic (exact) mass is 345 g/mol. The van der Waals surface area contributed by atoms with Crippen molar-refractivity contribution in [2.45, 2.75) is 89.7 Å². The molecule has 1 nitrogen and oxygen atoms in total. The Labute approximate surface area is 146 Å². The van der Waals surface area contributed by atoms with Crippen LogP contribution in [-0.2, 0) is 0 Å². The molecule has 0 aromatic heterocycles. The number of nitriles is 1. The molecule has 0 aliphatic rings. The van der Waals surface area contributed by atoms with Gasteiger partial charge in [-0.25, -0.2) is 0 Å². The lowest BCUT2D eigenvalue weighted by Gasteiger charge is -2.06. The zero-order valence-electron chi connectivity index (χ0n) is 13.7. The van der Waals surface area contributed by atoms with Crippen molar-refractivity contribution in [3.05, 3.63) is 0 Å². The Balaban J connectivity index is 3.25. The first-order valence-corrected chi connectivity index (χ1v) is 10.7. The van der Waals surface area contributed by atoms with Crippen molar-refractivity contribution in [2.24, 2.45) is 0 Å². The van der Waals surface area contributed by atoms with Gasteiger partial charge in [0.25, 0.3) is 0 Å². The van der Waals surface area contributed by atoms with Crippen LogP contribution in [0.15, 0.2) is 0 Å². The SMILES string of the molecule is CCCCCCCCCCCCSC(=S)SC(C#N)CC. The Morgan fingerprint density at radius 3 is 1.95 bits per heavy atom. The minimum atomic E-state index is 0.0395. The summed E-state index contributed by atoms with van der Waals surface area (Å²) >= 11 is 8.62. The maximum atomic E-state index is 8.90. The smallest absolute Gasteiger partial charge is 0.105 e. The number of thioether (sulfide) groups is 2. The molecule has 0 aliphatic heterocycles. The topological polar surface area (TPSA) is 23.8 Å². The number of thiocarbonyl (C=S) groups is 1. The molecule has 0 rings (SSSR count). The molecule has 0 bridgehead atoms. The Kier molecular flexibility index (Phi) is 16.9. The second kappa shape index (κ2) is 16.6. The zero-order valence-corrected chi connectivity index (χ0v) is 16.2. The highest BCUT2D eigenvalue weighted by atomic mass is 32.2. The average Bonchev–Trinajstić information content (AvgIpc) is 2.50. The van der Waals surface area contributed by atoms with Crippen LogP contribution >= 0.6 is 35.7 Å². The molecule has 0 saturated carbocycles. The van der Waals surface area contributed by atoms with Crippen LogP contribution in [0.1, 0.15) is 84.5 Å². The first-order valence-electron chi connectivity index (χ1n) is 8.47. The van der Waals surface area contributed by atoms with Crippen molar-refractivity contribution in [3.63, 3.8) is 0 Å². The summed E-state index contributed by atoms with van der Waals surface area (Å²) in [6.07, 6.45) is 14.6. The second-order valence-electron chi connectivity index (χ2n) is 5.42. The number of rotatable bonds is 13. The molecule has 0 aromatic carbocycles. The third-order valence-corrected chi connectivity index (χ3v) is 6.40. The predicted octanol–water partition coefficient (Wildman–Crippen LogP) is 6.96. The summed E-state index contributed by atoms with van der Waals surface area (Å²) in [4.78, 5) is 0. The van der Waals surface area contributed by atoms with Gasteiger partial charge in [0, 0.05) is 0 Å². The molecule has 0 amide bonds. The van der Waals surface area contributed by atoms with Gasteiger partial charge < -0.3 is 0 Å². The Morgan fingerprint density at radius 1 is 0.952 bits per heavy atom. The van der Waals surface area contributed by atoms with Crippen LogP contribution in [0.2, 0.25) is 0 Å². The van der Waals surface area contributed by atoms with E-state index in [1.807, 2.05) is 6.92 Å². The molecule has 0 radical (unpaired) electrons. The molecular formula is C17H31NS3. The molecule has 1 atom stereocenters. The zero-order chi connectivity index (χ0) is 15.8. The molecule has 122 valence electrons. The Bertz CT molecular complexity index is 286. The van der Waals surface area contributed by atoms with Crippen molar-refractivity contribution in [1.29, 1.82) is 5.26 Å². The van der Waals surface area contributed by atoms with E-state index in [2.05, 4.69) is 13.0 Å². The van der Waals surface area contributed by atoms with E-state index in [9.17, 15) is 0 Å². The molecule has 4 heteroatoms. The lowest BCUT2D eigenvalue weighted by molar-refractivity contribution is 0.563. The number of nitrogens with zero attached hydrogens (tertiary/aromatic N) is 1. The normalized spacial score (nSPS) is 12.0. The van der Waals surface area contributed by atoms with E-state index in [1.54, 1.807) is 23.5 Å². The van der Waals surface area contributed by atoms with Gasteiger partial charge in [-0.05, 0) is 18.6 Å². The Morgan fingerprint density at radius 2 is 1.48 bits per heavy atom. The maximum absolute atomic E-state index is 8.90. The van der Waals surface area contributed by atoms with E-state index in [0.29, 0.717) is 0 Å². The summed E-state index contributed by atoms with van der Waals surface area (Å²) < 4.78 is 0.944. The molecule has 1 unspecified atom stereocenters. The van der Waals surface area contributed by atoms with Crippen LogP contribution < -0.4 is 0 Å². The Hall–Kier alpha value is 0.280. The van der Waals surface area contributed by atoms with E-state index in [4.69, 9.17) is 17.5 Å². The molecule has 0 aromatic rings. The van der Waals surface area contributed by atoms with Crippen molar-refractivity contribution >= 4 is 39.3 Å². The minimum absolute atomic E-state index is 0.0395. The van der Waals surface area contributed by atoms with E-state index >= 15 is 0 Å². The van der Waals surface area contributed by atoms with E-state index in [-0.39, 0.29) is 5.25 Å². The van der Waals surface area contributed by atoms with E-state index < -0.39 is 0 Å². The summed E-state index contributed by atoms with van der Waals surface area (Å²) in [6, 6.07) is 2.29. The summed E-state index contributed by atoms with van der Waals surface area (Å²) in [7, 11) is 0. The van der Waals surface area contributed by atoms with E-state index in [0.717, 1.165) is 15.7 Å². The van der Waals surface area contributed by atoms with E-state index in [1.165, 1.54) is 64.2 Å². The largest absolute Gasteiger partial charge is 0.197 e. The molecular weight excluding hydrogens is 314 g/mol. The van der Waals surface area contributed by atoms with Crippen molar-refractivity contribution in [3.8, 4) is 6.07 Å². The van der Waals surface area contributed by atoms with Crippen molar-refractivity contribution in [2.75, 3.05) is 5.75 Å². The number of hydrogen-bond donors (Lipinski definition) is 0. The third kappa shape index (κ3) is 15.0. The quantitative estimate of drug-likeness (QED) is 0.266. The molecule has 0 fully saturated rings. The first-order chi connectivity index (χ1) is 10.2. The van der Waals surface area contributed by atoms with Gasteiger partial charge in [0.05, 0.1) is 11.3 Å². The fourth-order valence-corrected chi connectivity index (χ4v) is 4.53. The standard InChI is InChI=1S/C17H31NS3/c1-3-5-6-7-8-9-10-11-12-13-14-20-17(19)21-16(4-2)15-18/h16H,3-14H2,1-2H3. The highest BCUT2D eigenvalue weighted by Crippen LogP contribution is 2.24. The lowest BCUT2D eigenvalue weighted by atomic mass is 10.1.